The number of aryl methyl sites for hydroxylation is 1. The Balaban J connectivity index is 1.34. The van der Waals surface area contributed by atoms with Gasteiger partial charge in [-0.1, -0.05) is 29.8 Å². The van der Waals surface area contributed by atoms with E-state index in [4.69, 9.17) is 26.8 Å². The van der Waals surface area contributed by atoms with Gasteiger partial charge >= 0.3 is 0 Å². The van der Waals surface area contributed by atoms with Crippen molar-refractivity contribution in [1.82, 2.24) is 14.3 Å². The number of morpholine rings is 1. The second-order valence-corrected chi connectivity index (χ2v) is 11.1. The third kappa shape index (κ3) is 5.19. The van der Waals surface area contributed by atoms with E-state index < -0.39 is 22.0 Å². The number of hydrogen-bond acceptors (Lipinski definition) is 6. The summed E-state index contributed by atoms with van der Waals surface area (Å²) in [5.74, 6) is -0.244. The molecule has 3 N–H and O–H groups in total. The summed E-state index contributed by atoms with van der Waals surface area (Å²) < 4.78 is 40.4. The number of carbonyl (C=O) groups is 1. The minimum Gasteiger partial charge on any atom is -0.491 e. The van der Waals surface area contributed by atoms with Crippen molar-refractivity contribution < 1.29 is 22.7 Å². The highest BCUT2D eigenvalue weighted by Crippen LogP contribution is 2.32. The van der Waals surface area contributed by atoms with Crippen molar-refractivity contribution in [3.8, 4) is 16.9 Å². The summed E-state index contributed by atoms with van der Waals surface area (Å²) in [5, 5.41) is 0.652. The summed E-state index contributed by atoms with van der Waals surface area (Å²) in [6, 6.07) is 16.2. The Morgan fingerprint density at radius 3 is 2.81 bits per heavy atom. The third-order valence-electron chi connectivity index (χ3n) is 6.17. The molecule has 0 unspecified atom stereocenters. The number of benzene rings is 2. The van der Waals surface area contributed by atoms with Crippen molar-refractivity contribution in [1.29, 1.82) is 0 Å². The Labute approximate surface area is 219 Å². The van der Waals surface area contributed by atoms with Crippen LogP contribution >= 0.6 is 11.6 Å². The van der Waals surface area contributed by atoms with Crippen LogP contribution in [-0.2, 0) is 14.8 Å². The molecule has 1 aliphatic heterocycles. The number of nitrogens with one attached hydrogen (secondary N) is 1. The van der Waals surface area contributed by atoms with E-state index >= 15 is 0 Å². The molecular weight excluding hydrogens is 516 g/mol. The first kappa shape index (κ1) is 25.2. The first-order chi connectivity index (χ1) is 17.7. The molecule has 9 nitrogen and oxygen atoms in total. The number of amides is 1. The number of halogens is 1. The maximum absolute atomic E-state index is 13.7. The number of sulfonamides is 1. The van der Waals surface area contributed by atoms with Gasteiger partial charge in [0, 0.05) is 46.5 Å². The highest BCUT2D eigenvalue weighted by Gasteiger charge is 2.36. The lowest BCUT2D eigenvalue weighted by atomic mass is 10.1. The standard InChI is InChI=1S/C26H25ClN4O5S/c1-16-5-6-18(13-29-16)17-3-2-4-20(11-17)36-15-21-14-31(9-10-35-21)37(33,34)25-22-12-19(27)7-8-23(22)30-24(25)26(28)32/h2-8,11-13,21,30H,9-10,14-15H2,1H3,(H2,28,32)/t21-/m0/s1. The number of carbonyl (C=O) groups excluding carboxylic acids is 1. The van der Waals surface area contributed by atoms with Crippen LogP contribution in [0.3, 0.4) is 0 Å². The zero-order valence-corrected chi connectivity index (χ0v) is 21.6. The van der Waals surface area contributed by atoms with Gasteiger partial charge in [-0.25, -0.2) is 8.42 Å². The van der Waals surface area contributed by atoms with E-state index in [1.165, 1.54) is 10.4 Å². The zero-order chi connectivity index (χ0) is 26.2. The molecule has 192 valence electrons. The van der Waals surface area contributed by atoms with Crippen LogP contribution in [0.15, 0.2) is 65.7 Å². The van der Waals surface area contributed by atoms with Gasteiger partial charge < -0.3 is 20.2 Å². The lowest BCUT2D eigenvalue weighted by Crippen LogP contribution is -2.47. The molecule has 1 atom stereocenters. The van der Waals surface area contributed by atoms with Crippen LogP contribution in [0.1, 0.15) is 16.2 Å². The van der Waals surface area contributed by atoms with Gasteiger partial charge in [-0.15, -0.1) is 0 Å². The monoisotopic (exact) mass is 540 g/mol. The van der Waals surface area contributed by atoms with Crippen LogP contribution < -0.4 is 10.5 Å². The van der Waals surface area contributed by atoms with E-state index in [1.54, 1.807) is 18.3 Å². The largest absolute Gasteiger partial charge is 0.491 e. The summed E-state index contributed by atoms with van der Waals surface area (Å²) in [6.45, 7) is 2.43. The predicted octanol–water partition coefficient (Wildman–Crippen LogP) is 3.76. The molecular formula is C26H25ClN4O5S. The topological polar surface area (TPSA) is 128 Å². The van der Waals surface area contributed by atoms with Gasteiger partial charge in [0.2, 0.25) is 10.0 Å². The Hall–Kier alpha value is -3.44. The van der Waals surface area contributed by atoms with Crippen LogP contribution in [0, 0.1) is 6.92 Å². The number of H-pyrrole nitrogens is 1. The van der Waals surface area contributed by atoms with Gasteiger partial charge in [0.15, 0.2) is 0 Å². The minimum absolute atomic E-state index is 0.0509. The molecule has 5 rings (SSSR count). The number of rotatable bonds is 7. The van der Waals surface area contributed by atoms with E-state index in [1.807, 2.05) is 43.3 Å². The van der Waals surface area contributed by atoms with Gasteiger partial charge in [-0.3, -0.25) is 9.78 Å². The lowest BCUT2D eigenvalue weighted by molar-refractivity contribution is -0.0249. The Kier molecular flexibility index (Phi) is 6.91. The van der Waals surface area contributed by atoms with Crippen molar-refractivity contribution in [2.75, 3.05) is 26.3 Å². The molecule has 0 spiro atoms. The smallest absolute Gasteiger partial charge is 0.266 e. The number of pyridine rings is 1. The van der Waals surface area contributed by atoms with Crippen molar-refractivity contribution in [2.45, 2.75) is 17.9 Å². The van der Waals surface area contributed by atoms with Crippen LogP contribution in [0.2, 0.25) is 5.02 Å². The van der Waals surface area contributed by atoms with Gasteiger partial charge in [0.05, 0.1) is 6.61 Å². The van der Waals surface area contributed by atoms with Gasteiger partial charge in [-0.2, -0.15) is 4.31 Å². The number of hydrogen-bond donors (Lipinski definition) is 2. The van der Waals surface area contributed by atoms with Gasteiger partial charge in [-0.05, 0) is 48.9 Å². The fourth-order valence-electron chi connectivity index (χ4n) is 4.31. The normalized spacial score (nSPS) is 16.6. The molecule has 0 radical (unpaired) electrons. The number of fused-ring (bicyclic) bond motifs is 1. The molecule has 3 heterocycles. The summed E-state index contributed by atoms with van der Waals surface area (Å²) in [6.07, 6.45) is 1.29. The quantitative estimate of drug-likeness (QED) is 0.367. The van der Waals surface area contributed by atoms with Crippen LogP contribution in [-0.4, -0.2) is 61.0 Å². The summed E-state index contributed by atoms with van der Waals surface area (Å²) in [4.78, 5) is 19.1. The number of nitrogens with two attached hydrogens (primary N) is 1. The van der Waals surface area contributed by atoms with Crippen molar-refractivity contribution in [2.24, 2.45) is 5.73 Å². The number of nitrogens with zero attached hydrogens (tertiary/aromatic N) is 2. The number of primary amides is 1. The number of aromatic nitrogens is 2. The molecule has 1 aliphatic rings. The predicted molar refractivity (Wildman–Crippen MR) is 140 cm³/mol. The summed E-state index contributed by atoms with van der Waals surface area (Å²) in [5.41, 5.74) is 8.63. The SMILES string of the molecule is Cc1ccc(-c2cccc(OC[C@@H]3CN(S(=O)(=O)c4c(C(N)=O)[nH]c5ccc(Cl)cc45)CCO3)c2)cn1. The second-order valence-electron chi connectivity index (χ2n) is 8.77. The molecule has 1 amide bonds. The molecule has 0 aliphatic carbocycles. The lowest BCUT2D eigenvalue weighted by Gasteiger charge is -2.32. The van der Waals surface area contributed by atoms with E-state index in [9.17, 15) is 13.2 Å². The average Bonchev–Trinajstić information content (AvgIpc) is 3.28. The second kappa shape index (κ2) is 10.1. The maximum atomic E-state index is 13.7. The molecule has 0 bridgehead atoms. The summed E-state index contributed by atoms with van der Waals surface area (Å²) in [7, 11) is -4.10. The number of ether oxygens (including phenoxy) is 2. The molecule has 37 heavy (non-hydrogen) atoms. The van der Waals surface area contributed by atoms with E-state index in [0.29, 0.717) is 21.7 Å². The van der Waals surface area contributed by atoms with Gasteiger partial charge in [0.1, 0.15) is 29.0 Å². The van der Waals surface area contributed by atoms with E-state index in [-0.39, 0.29) is 36.9 Å². The first-order valence-electron chi connectivity index (χ1n) is 11.6. The van der Waals surface area contributed by atoms with Crippen molar-refractivity contribution >= 4 is 38.4 Å². The highest BCUT2D eigenvalue weighted by atomic mass is 35.5. The molecule has 2 aromatic heterocycles. The molecule has 4 aromatic rings. The minimum atomic E-state index is -4.10. The zero-order valence-electron chi connectivity index (χ0n) is 20.0. The fourth-order valence-corrected chi connectivity index (χ4v) is 6.28. The third-order valence-corrected chi connectivity index (χ3v) is 8.36. The van der Waals surface area contributed by atoms with Crippen LogP contribution in [0.5, 0.6) is 5.75 Å². The van der Waals surface area contributed by atoms with Crippen molar-refractivity contribution in [3.05, 3.63) is 77.2 Å². The van der Waals surface area contributed by atoms with Crippen LogP contribution in [0.4, 0.5) is 0 Å². The maximum Gasteiger partial charge on any atom is 0.266 e. The highest BCUT2D eigenvalue weighted by molar-refractivity contribution is 7.89. The molecule has 2 aromatic carbocycles. The molecule has 11 heteroatoms. The first-order valence-corrected chi connectivity index (χ1v) is 13.4. The fraction of sp³-hybridized carbons (Fsp3) is 0.231. The van der Waals surface area contributed by atoms with Gasteiger partial charge in [0.25, 0.3) is 5.91 Å². The van der Waals surface area contributed by atoms with E-state index in [0.717, 1.165) is 16.8 Å². The Bertz CT molecular complexity index is 1570. The molecule has 1 fully saturated rings. The summed E-state index contributed by atoms with van der Waals surface area (Å²) >= 11 is 6.12. The van der Waals surface area contributed by atoms with Crippen LogP contribution in [0.25, 0.3) is 22.0 Å². The number of aromatic amines is 1. The Morgan fingerprint density at radius 2 is 2.05 bits per heavy atom. The average molecular weight is 541 g/mol. The van der Waals surface area contributed by atoms with E-state index in [2.05, 4.69) is 9.97 Å². The Morgan fingerprint density at radius 1 is 1.22 bits per heavy atom. The van der Waals surface area contributed by atoms with Crippen molar-refractivity contribution in [3.63, 3.8) is 0 Å². The molecule has 1 saturated heterocycles. The molecule has 0 saturated carbocycles.